The number of hydrogen-bond donors (Lipinski definition) is 2. The maximum absolute atomic E-state index is 12.5. The normalized spacial score (nSPS) is 18.6. The van der Waals surface area contributed by atoms with Gasteiger partial charge in [-0.25, -0.2) is 0 Å². The lowest BCUT2D eigenvalue weighted by molar-refractivity contribution is 0.0673. The van der Waals surface area contributed by atoms with E-state index in [0.717, 1.165) is 12.8 Å². The first-order chi connectivity index (χ1) is 9.19. The molecule has 2 rings (SSSR count). The first-order valence-electron chi connectivity index (χ1n) is 6.62. The number of likely N-dealkylation sites (tertiary alicyclic amines) is 1. The van der Waals surface area contributed by atoms with Crippen LogP contribution in [0.1, 0.15) is 30.1 Å². The summed E-state index contributed by atoms with van der Waals surface area (Å²) < 4.78 is 5.48. The van der Waals surface area contributed by atoms with Crippen LogP contribution in [-0.2, 0) is 0 Å². The molecular weight excluding hydrogens is 244 g/mol. The van der Waals surface area contributed by atoms with E-state index in [0.29, 0.717) is 30.2 Å². The molecule has 3 N–H and O–H groups in total. The number of nitrogens with two attached hydrogens (primary N) is 1. The highest BCUT2D eigenvalue weighted by Crippen LogP contribution is 2.29. The maximum atomic E-state index is 12.5. The summed E-state index contributed by atoms with van der Waals surface area (Å²) in [5, 5.41) is 9.31. The largest absolute Gasteiger partial charge is 0.491 e. The van der Waals surface area contributed by atoms with Gasteiger partial charge >= 0.3 is 0 Å². The first kappa shape index (κ1) is 13.7. The zero-order valence-electron chi connectivity index (χ0n) is 11.1. The molecule has 19 heavy (non-hydrogen) atoms. The minimum absolute atomic E-state index is 0.00196. The summed E-state index contributed by atoms with van der Waals surface area (Å²) in [5.74, 6) is 0.325. The zero-order valence-corrected chi connectivity index (χ0v) is 11.1. The van der Waals surface area contributed by atoms with E-state index in [-0.39, 0.29) is 18.6 Å². The van der Waals surface area contributed by atoms with Gasteiger partial charge in [-0.1, -0.05) is 6.07 Å². The number of anilines is 1. The van der Waals surface area contributed by atoms with Gasteiger partial charge in [-0.15, -0.1) is 0 Å². The van der Waals surface area contributed by atoms with E-state index >= 15 is 0 Å². The predicted octanol–water partition coefficient (Wildman–Crippen LogP) is 1.26. The highest BCUT2D eigenvalue weighted by Gasteiger charge is 2.30. The lowest BCUT2D eigenvalue weighted by Crippen LogP contribution is -2.37. The molecule has 0 unspecified atom stereocenters. The van der Waals surface area contributed by atoms with E-state index in [9.17, 15) is 9.90 Å². The number of nitrogen functional groups attached to an aromatic ring is 1. The summed E-state index contributed by atoms with van der Waals surface area (Å²) in [7, 11) is 0. The average molecular weight is 264 g/mol. The molecule has 1 aliphatic rings. The van der Waals surface area contributed by atoms with Crippen LogP contribution in [0.4, 0.5) is 5.69 Å². The van der Waals surface area contributed by atoms with Crippen molar-refractivity contribution in [2.75, 3.05) is 25.5 Å². The molecular formula is C14H20N2O3. The van der Waals surface area contributed by atoms with Gasteiger partial charge in [0.05, 0.1) is 30.5 Å². The number of rotatable bonds is 4. The molecule has 0 aliphatic carbocycles. The molecule has 1 atom stereocenters. The monoisotopic (exact) mass is 264 g/mol. The van der Waals surface area contributed by atoms with Crippen molar-refractivity contribution in [3.63, 3.8) is 0 Å². The summed E-state index contributed by atoms with van der Waals surface area (Å²) in [6.45, 7) is 2.98. The van der Waals surface area contributed by atoms with Crippen molar-refractivity contribution in [1.29, 1.82) is 0 Å². The second kappa shape index (κ2) is 5.93. The van der Waals surface area contributed by atoms with Gasteiger partial charge in [-0.2, -0.15) is 0 Å². The number of para-hydroxylation sites is 1. The van der Waals surface area contributed by atoms with Gasteiger partial charge in [-0.05, 0) is 31.9 Å². The Bertz CT molecular complexity index is 462. The Kier molecular flexibility index (Phi) is 4.27. The topological polar surface area (TPSA) is 75.8 Å². The van der Waals surface area contributed by atoms with Crippen molar-refractivity contribution in [2.45, 2.75) is 25.8 Å². The van der Waals surface area contributed by atoms with E-state index in [4.69, 9.17) is 10.5 Å². The zero-order chi connectivity index (χ0) is 13.8. The van der Waals surface area contributed by atoms with E-state index in [1.807, 2.05) is 6.92 Å². The number of aliphatic hydroxyl groups is 1. The Morgan fingerprint density at radius 3 is 3.05 bits per heavy atom. The van der Waals surface area contributed by atoms with Crippen molar-refractivity contribution in [3.05, 3.63) is 23.8 Å². The number of benzene rings is 1. The van der Waals surface area contributed by atoms with Crippen LogP contribution in [0, 0.1) is 0 Å². The molecule has 0 aromatic heterocycles. The van der Waals surface area contributed by atoms with Crippen LogP contribution in [0.3, 0.4) is 0 Å². The third kappa shape index (κ3) is 2.66. The molecule has 1 aromatic carbocycles. The van der Waals surface area contributed by atoms with Crippen molar-refractivity contribution in [1.82, 2.24) is 4.90 Å². The molecule has 1 heterocycles. The van der Waals surface area contributed by atoms with E-state index in [1.165, 1.54) is 0 Å². The maximum Gasteiger partial charge on any atom is 0.258 e. The smallest absolute Gasteiger partial charge is 0.258 e. The molecule has 1 aliphatic heterocycles. The minimum Gasteiger partial charge on any atom is -0.491 e. The Balaban J connectivity index is 2.30. The van der Waals surface area contributed by atoms with Gasteiger partial charge in [-0.3, -0.25) is 4.79 Å². The number of carbonyl (C=O) groups excluding carboxylic acids is 1. The number of hydrogen-bond acceptors (Lipinski definition) is 4. The Morgan fingerprint density at radius 1 is 1.58 bits per heavy atom. The summed E-state index contributed by atoms with van der Waals surface area (Å²) in [5.41, 5.74) is 6.81. The molecule has 5 heteroatoms. The van der Waals surface area contributed by atoms with Crippen molar-refractivity contribution < 1.29 is 14.6 Å². The quantitative estimate of drug-likeness (QED) is 0.803. The second-order valence-electron chi connectivity index (χ2n) is 4.63. The third-order valence-electron chi connectivity index (χ3n) is 3.41. The third-order valence-corrected chi connectivity index (χ3v) is 3.41. The van der Waals surface area contributed by atoms with Crippen LogP contribution in [0.15, 0.2) is 18.2 Å². The van der Waals surface area contributed by atoms with Gasteiger partial charge in [0.15, 0.2) is 5.75 Å². The lowest BCUT2D eigenvalue weighted by Gasteiger charge is -2.24. The molecule has 0 radical (unpaired) electrons. The minimum atomic E-state index is -0.118. The number of ether oxygens (including phenoxy) is 1. The molecule has 0 saturated carbocycles. The summed E-state index contributed by atoms with van der Waals surface area (Å²) in [4.78, 5) is 14.2. The van der Waals surface area contributed by atoms with Gasteiger partial charge < -0.3 is 20.5 Å². The van der Waals surface area contributed by atoms with Crippen molar-refractivity contribution in [3.8, 4) is 5.75 Å². The van der Waals surface area contributed by atoms with Crippen LogP contribution in [0.25, 0.3) is 0 Å². The Labute approximate surface area is 113 Å². The average Bonchev–Trinajstić information content (AvgIpc) is 2.89. The molecule has 0 bridgehead atoms. The Hall–Kier alpha value is -1.75. The van der Waals surface area contributed by atoms with Crippen LogP contribution in [-0.4, -0.2) is 41.7 Å². The SMILES string of the molecule is CCOc1c(N)cccc1C(=O)N1CCC[C@H]1CO. The molecule has 1 aromatic rings. The van der Waals surface area contributed by atoms with Gasteiger partial charge in [0.2, 0.25) is 0 Å². The standard InChI is InChI=1S/C14H20N2O3/c1-2-19-13-11(6-3-7-12(13)15)14(18)16-8-4-5-10(16)9-17/h3,6-7,10,17H,2,4-5,8-9,15H2,1H3/t10-/m0/s1. The molecule has 0 spiro atoms. The molecule has 1 amide bonds. The summed E-state index contributed by atoms with van der Waals surface area (Å²) in [6.07, 6.45) is 1.76. The van der Waals surface area contributed by atoms with Crippen LogP contribution in [0.2, 0.25) is 0 Å². The highest BCUT2D eigenvalue weighted by atomic mass is 16.5. The first-order valence-corrected chi connectivity index (χ1v) is 6.62. The summed E-state index contributed by atoms with van der Waals surface area (Å²) >= 11 is 0. The van der Waals surface area contributed by atoms with Crippen molar-refractivity contribution >= 4 is 11.6 Å². The molecule has 5 nitrogen and oxygen atoms in total. The van der Waals surface area contributed by atoms with Gasteiger partial charge in [0.1, 0.15) is 0 Å². The van der Waals surface area contributed by atoms with E-state index in [2.05, 4.69) is 0 Å². The summed E-state index contributed by atoms with van der Waals surface area (Å²) in [6, 6.07) is 5.09. The van der Waals surface area contributed by atoms with Crippen molar-refractivity contribution in [2.24, 2.45) is 0 Å². The van der Waals surface area contributed by atoms with Crippen LogP contribution >= 0.6 is 0 Å². The highest BCUT2D eigenvalue weighted by molar-refractivity contribution is 5.99. The van der Waals surface area contributed by atoms with Crippen LogP contribution in [0.5, 0.6) is 5.75 Å². The number of aliphatic hydroxyl groups excluding tert-OH is 1. The van der Waals surface area contributed by atoms with E-state index in [1.54, 1.807) is 23.1 Å². The predicted molar refractivity (Wildman–Crippen MR) is 73.2 cm³/mol. The number of carbonyl (C=O) groups is 1. The Morgan fingerprint density at radius 2 is 2.37 bits per heavy atom. The van der Waals surface area contributed by atoms with Gasteiger partial charge in [0.25, 0.3) is 5.91 Å². The molecule has 104 valence electrons. The number of amides is 1. The fourth-order valence-electron chi connectivity index (χ4n) is 2.48. The fourth-order valence-corrected chi connectivity index (χ4v) is 2.48. The van der Waals surface area contributed by atoms with Crippen LogP contribution < -0.4 is 10.5 Å². The second-order valence-corrected chi connectivity index (χ2v) is 4.63. The van der Waals surface area contributed by atoms with E-state index < -0.39 is 0 Å². The molecule has 1 saturated heterocycles. The van der Waals surface area contributed by atoms with Gasteiger partial charge in [0, 0.05) is 6.54 Å². The molecule has 1 fully saturated rings. The number of nitrogens with zero attached hydrogens (tertiary/aromatic N) is 1. The lowest BCUT2D eigenvalue weighted by atomic mass is 10.1. The fraction of sp³-hybridized carbons (Fsp3) is 0.500.